The monoisotopic (exact) mass is 347 g/mol. The van der Waals surface area contributed by atoms with Crippen molar-refractivity contribution < 1.29 is 17.7 Å². The van der Waals surface area contributed by atoms with Gasteiger partial charge in [-0.1, -0.05) is 23.4 Å². The molecule has 1 aromatic carbocycles. The van der Waals surface area contributed by atoms with Gasteiger partial charge < -0.3 is 4.52 Å². The number of halogens is 3. The molecule has 3 aromatic rings. The zero-order valence-electron chi connectivity index (χ0n) is 11.9. The molecule has 2 heterocycles. The molecule has 0 N–H and O–H groups in total. The minimum Gasteiger partial charge on any atom is -0.333 e. The smallest absolute Gasteiger partial charge is 0.333 e. The van der Waals surface area contributed by atoms with Crippen molar-refractivity contribution in [1.82, 2.24) is 10.1 Å². The van der Waals surface area contributed by atoms with Crippen LogP contribution in [-0.2, 0) is 6.18 Å². The third kappa shape index (κ3) is 3.36. The number of hydrogen-bond acceptors (Lipinski definition) is 5. The van der Waals surface area contributed by atoms with Crippen molar-refractivity contribution in [3.05, 3.63) is 58.8 Å². The molecule has 0 atom stereocenters. The summed E-state index contributed by atoms with van der Waals surface area (Å²) in [4.78, 5) is 4.88. The van der Waals surface area contributed by atoms with Gasteiger partial charge in [-0.3, -0.25) is 0 Å². The van der Waals surface area contributed by atoms with Gasteiger partial charge in [0.15, 0.2) is 0 Å². The maximum absolute atomic E-state index is 12.7. The van der Waals surface area contributed by atoms with Gasteiger partial charge in [0.25, 0.3) is 5.89 Å². The second-order valence-corrected chi connectivity index (χ2v) is 5.64. The van der Waals surface area contributed by atoms with E-state index in [4.69, 9.17) is 4.52 Å². The number of nitrogens with zero attached hydrogens (tertiary/aromatic N) is 3. The number of thiophene rings is 1. The average Bonchev–Trinajstić information content (AvgIpc) is 3.23. The van der Waals surface area contributed by atoms with Gasteiger partial charge >= 0.3 is 6.18 Å². The van der Waals surface area contributed by atoms with Crippen LogP contribution in [0.25, 0.3) is 22.4 Å². The number of aromatic nitrogens is 2. The summed E-state index contributed by atoms with van der Waals surface area (Å²) >= 11 is 1.40. The lowest BCUT2D eigenvalue weighted by Crippen LogP contribution is -2.04. The van der Waals surface area contributed by atoms with E-state index in [9.17, 15) is 18.4 Å². The van der Waals surface area contributed by atoms with Gasteiger partial charge in [-0.05, 0) is 35.2 Å². The highest BCUT2D eigenvalue weighted by Crippen LogP contribution is 2.30. The van der Waals surface area contributed by atoms with Gasteiger partial charge in [0.1, 0.15) is 11.6 Å². The van der Waals surface area contributed by atoms with Crippen molar-refractivity contribution in [1.29, 1.82) is 5.26 Å². The maximum atomic E-state index is 12.7. The summed E-state index contributed by atoms with van der Waals surface area (Å²) in [5.41, 5.74) is -0.583. The van der Waals surface area contributed by atoms with Crippen LogP contribution in [-0.4, -0.2) is 10.1 Å². The first-order valence-corrected chi connectivity index (χ1v) is 7.52. The van der Waals surface area contributed by atoms with Gasteiger partial charge in [0, 0.05) is 0 Å². The van der Waals surface area contributed by atoms with Crippen molar-refractivity contribution in [2.75, 3.05) is 0 Å². The quantitative estimate of drug-likeness (QED) is 0.634. The Morgan fingerprint density at radius 2 is 2.08 bits per heavy atom. The van der Waals surface area contributed by atoms with Crippen molar-refractivity contribution in [3.8, 4) is 16.8 Å². The van der Waals surface area contributed by atoms with Gasteiger partial charge in [-0.15, -0.1) is 11.3 Å². The fraction of sp³-hybridized carbons (Fsp3) is 0.0625. The van der Waals surface area contributed by atoms with Crippen LogP contribution in [0.3, 0.4) is 0 Å². The fourth-order valence-corrected chi connectivity index (χ4v) is 2.60. The van der Waals surface area contributed by atoms with E-state index in [1.54, 1.807) is 6.07 Å². The number of hydrogen-bond donors (Lipinski definition) is 0. The average molecular weight is 347 g/mol. The third-order valence-corrected chi connectivity index (χ3v) is 3.91. The first-order valence-electron chi connectivity index (χ1n) is 6.64. The Balaban J connectivity index is 1.95. The van der Waals surface area contributed by atoms with Crippen molar-refractivity contribution >= 4 is 23.0 Å². The maximum Gasteiger partial charge on any atom is 0.416 e. The van der Waals surface area contributed by atoms with Crippen LogP contribution in [0, 0.1) is 11.3 Å². The Bertz CT molecular complexity index is 921. The molecular formula is C16H8F3N3OS. The van der Waals surface area contributed by atoms with Crippen LogP contribution in [0.15, 0.2) is 46.3 Å². The predicted molar refractivity (Wildman–Crippen MR) is 82.5 cm³/mol. The van der Waals surface area contributed by atoms with Gasteiger partial charge in [-0.25, -0.2) is 0 Å². The molecule has 0 aliphatic heterocycles. The van der Waals surface area contributed by atoms with E-state index >= 15 is 0 Å². The topological polar surface area (TPSA) is 62.7 Å². The molecule has 4 nitrogen and oxygen atoms in total. The first kappa shape index (κ1) is 16.0. The molecule has 0 bridgehead atoms. The van der Waals surface area contributed by atoms with Crippen LogP contribution >= 0.6 is 11.3 Å². The van der Waals surface area contributed by atoms with Crippen LogP contribution in [0.4, 0.5) is 13.2 Å². The highest BCUT2D eigenvalue weighted by atomic mass is 32.1. The summed E-state index contributed by atoms with van der Waals surface area (Å²) in [5.74, 6) is 0.281. The second-order valence-electron chi connectivity index (χ2n) is 4.69. The normalized spacial score (nSPS) is 12.2. The van der Waals surface area contributed by atoms with E-state index in [0.717, 1.165) is 17.0 Å². The molecule has 24 heavy (non-hydrogen) atoms. The van der Waals surface area contributed by atoms with E-state index in [0.29, 0.717) is 5.82 Å². The van der Waals surface area contributed by atoms with Gasteiger partial charge in [0.05, 0.1) is 10.4 Å². The van der Waals surface area contributed by atoms with Gasteiger partial charge in [0.2, 0.25) is 5.82 Å². The Kier molecular flexibility index (Phi) is 4.18. The lowest BCUT2D eigenvalue weighted by atomic mass is 10.1. The largest absolute Gasteiger partial charge is 0.416 e. The molecule has 0 unspecified atom stereocenters. The highest BCUT2D eigenvalue weighted by Gasteiger charge is 2.30. The number of allylic oxidation sites excluding steroid dienone is 1. The molecule has 120 valence electrons. The summed E-state index contributed by atoms with van der Waals surface area (Å²) in [6, 6.07) is 10.1. The predicted octanol–water partition coefficient (Wildman–Crippen LogP) is 4.88. The molecule has 0 aliphatic carbocycles. The molecule has 0 spiro atoms. The SMILES string of the molecule is N#C/C(=C\c1cccc(C(F)(F)F)c1)c1nc(-c2cccs2)no1. The number of rotatable bonds is 3. The summed E-state index contributed by atoms with van der Waals surface area (Å²) in [6.45, 7) is 0. The van der Waals surface area contributed by atoms with Crippen molar-refractivity contribution in [2.24, 2.45) is 0 Å². The molecule has 0 amide bonds. The fourth-order valence-electron chi connectivity index (χ4n) is 1.95. The van der Waals surface area contributed by atoms with E-state index in [-0.39, 0.29) is 17.0 Å². The molecule has 2 aromatic heterocycles. The minimum atomic E-state index is -4.45. The Morgan fingerprint density at radius 1 is 1.25 bits per heavy atom. The number of nitriles is 1. The molecule has 0 radical (unpaired) electrons. The lowest BCUT2D eigenvalue weighted by Gasteiger charge is -2.06. The van der Waals surface area contributed by atoms with E-state index in [1.165, 1.54) is 29.5 Å². The molecule has 0 fully saturated rings. The van der Waals surface area contributed by atoms with E-state index < -0.39 is 11.7 Å². The van der Waals surface area contributed by atoms with Crippen molar-refractivity contribution in [2.45, 2.75) is 6.18 Å². The highest BCUT2D eigenvalue weighted by molar-refractivity contribution is 7.13. The summed E-state index contributed by atoms with van der Waals surface area (Å²) in [7, 11) is 0. The molecular weight excluding hydrogens is 339 g/mol. The molecule has 0 saturated carbocycles. The zero-order chi connectivity index (χ0) is 17.2. The lowest BCUT2D eigenvalue weighted by molar-refractivity contribution is -0.137. The second kappa shape index (κ2) is 6.29. The van der Waals surface area contributed by atoms with Crippen LogP contribution in [0.5, 0.6) is 0 Å². The summed E-state index contributed by atoms with van der Waals surface area (Å²) in [6.07, 6.45) is -3.17. The molecule has 3 rings (SSSR count). The summed E-state index contributed by atoms with van der Waals surface area (Å²) in [5, 5.41) is 14.9. The molecule has 0 aliphatic rings. The molecule has 8 heteroatoms. The first-order chi connectivity index (χ1) is 11.5. The van der Waals surface area contributed by atoms with Gasteiger partial charge in [-0.2, -0.15) is 23.4 Å². The standard InChI is InChI=1S/C16H8F3N3OS/c17-16(18,19)12-4-1-3-10(8-12)7-11(9-20)15-21-14(22-23-15)13-5-2-6-24-13/h1-8H/b11-7+. The van der Waals surface area contributed by atoms with Crippen molar-refractivity contribution in [3.63, 3.8) is 0 Å². The molecule has 0 saturated heterocycles. The Morgan fingerprint density at radius 3 is 2.75 bits per heavy atom. The number of benzene rings is 1. The Hall–Kier alpha value is -2.92. The van der Waals surface area contributed by atoms with E-state index in [1.807, 2.05) is 17.5 Å². The van der Waals surface area contributed by atoms with Crippen LogP contribution in [0.2, 0.25) is 0 Å². The minimum absolute atomic E-state index is 0.00960. The van der Waals surface area contributed by atoms with Crippen LogP contribution < -0.4 is 0 Å². The van der Waals surface area contributed by atoms with E-state index in [2.05, 4.69) is 10.1 Å². The zero-order valence-corrected chi connectivity index (χ0v) is 12.7. The van der Waals surface area contributed by atoms with Crippen LogP contribution in [0.1, 0.15) is 17.0 Å². The third-order valence-electron chi connectivity index (χ3n) is 3.04. The number of alkyl halides is 3. The Labute approximate surface area is 138 Å². The summed E-state index contributed by atoms with van der Waals surface area (Å²) < 4.78 is 43.3.